The number of ether oxygens (including phenoxy) is 1. The maximum Gasteiger partial charge on any atom is 1.00 e. The molecule has 1 heterocycles. The van der Waals surface area contributed by atoms with Crippen molar-refractivity contribution < 1.29 is 89.8 Å². The summed E-state index contributed by atoms with van der Waals surface area (Å²) >= 11 is 0. The van der Waals surface area contributed by atoms with Crippen molar-refractivity contribution in [3.05, 3.63) is 157 Å². The van der Waals surface area contributed by atoms with Gasteiger partial charge in [0.2, 0.25) is 0 Å². The summed E-state index contributed by atoms with van der Waals surface area (Å²) in [5, 5.41) is 5.09. The molecule has 13 heteroatoms. The van der Waals surface area contributed by atoms with Crippen LogP contribution in [-0.4, -0.2) is 25.9 Å². The van der Waals surface area contributed by atoms with Gasteiger partial charge in [-0.15, -0.1) is 0 Å². The Bertz CT molecular complexity index is 2190. The quantitative estimate of drug-likeness (QED) is 0.116. The maximum absolute atomic E-state index is 13.0. The molecule has 0 saturated heterocycles. The molecule has 7 nitrogen and oxygen atoms in total. The van der Waals surface area contributed by atoms with E-state index < -0.39 is 51.3 Å². The Morgan fingerprint density at radius 1 is 0.462 bits per heavy atom. The monoisotopic (exact) mass is 782 g/mol. The third kappa shape index (κ3) is 7.81. The van der Waals surface area contributed by atoms with Gasteiger partial charge in [-0.1, -0.05) is 135 Å². The Balaban J connectivity index is 0.00000261. The van der Waals surface area contributed by atoms with Crippen molar-refractivity contribution in [1.82, 2.24) is 0 Å². The molecule has 1 aliphatic heterocycles. The minimum atomic E-state index is -5.10. The molecule has 0 atom stereocenters. The van der Waals surface area contributed by atoms with E-state index in [1.165, 1.54) is 12.1 Å². The topological polar surface area (TPSA) is 124 Å². The van der Waals surface area contributed by atoms with Gasteiger partial charge in [0, 0.05) is 27.2 Å². The molecule has 0 radical (unpaired) electrons. The maximum atomic E-state index is 13.0. The van der Waals surface area contributed by atoms with Crippen LogP contribution in [0.1, 0.15) is 25.0 Å². The summed E-state index contributed by atoms with van der Waals surface area (Å²) in [6.07, 6.45) is 0. The first-order chi connectivity index (χ1) is 23.9. The van der Waals surface area contributed by atoms with Gasteiger partial charge in [-0.05, 0) is 61.3 Å². The second-order valence-corrected chi connectivity index (χ2v) is 19.3. The van der Waals surface area contributed by atoms with Crippen LogP contribution in [0.5, 0.6) is 11.5 Å². The second-order valence-electron chi connectivity index (χ2n) is 12.2. The van der Waals surface area contributed by atoms with Crippen LogP contribution >= 0.6 is 15.8 Å². The molecular formula is C39H30Na2O7P2S2. The first kappa shape index (κ1) is 41.0. The van der Waals surface area contributed by atoms with Crippen molar-refractivity contribution in [2.45, 2.75) is 29.1 Å². The van der Waals surface area contributed by atoms with Crippen LogP contribution in [0.15, 0.2) is 155 Å². The third-order valence-electron chi connectivity index (χ3n) is 8.73. The van der Waals surface area contributed by atoms with Crippen molar-refractivity contribution in [3.63, 3.8) is 0 Å². The fourth-order valence-electron chi connectivity index (χ4n) is 6.66. The molecule has 6 aromatic rings. The SMILES string of the molecule is CC1(C)c2c(S(=O)(=O)[O-])ccc(P(c3ccccc3)c3ccccc3)c2Oc2c(P(c3ccccc3)c3ccccc3)ccc(S(=O)(=O)[O-])c21.[Na+].[Na+]. The molecule has 0 spiro atoms. The Kier molecular flexibility index (Phi) is 12.8. The predicted octanol–water partition coefficient (Wildman–Crippen LogP) is -0.549. The van der Waals surface area contributed by atoms with Crippen LogP contribution in [0.25, 0.3) is 0 Å². The first-order valence-corrected chi connectivity index (χ1v) is 21.1. The summed E-state index contributed by atoms with van der Waals surface area (Å²) in [6.45, 7) is 3.29. The molecule has 7 rings (SSSR count). The number of rotatable bonds is 8. The van der Waals surface area contributed by atoms with Crippen LogP contribution in [0.4, 0.5) is 0 Å². The zero-order chi connectivity index (χ0) is 35.3. The normalized spacial score (nSPS) is 13.3. The molecule has 0 aromatic heterocycles. The smallest absolute Gasteiger partial charge is 0.744 e. The number of fused-ring (bicyclic) bond motifs is 2. The summed E-state index contributed by atoms with van der Waals surface area (Å²) in [7, 11) is -13.0. The van der Waals surface area contributed by atoms with Gasteiger partial charge in [-0.25, -0.2) is 16.8 Å². The van der Waals surface area contributed by atoms with Crippen LogP contribution < -0.4 is 95.7 Å². The molecule has 0 unspecified atom stereocenters. The average molecular weight is 783 g/mol. The van der Waals surface area contributed by atoms with Gasteiger partial charge >= 0.3 is 59.1 Å². The molecular weight excluding hydrogens is 752 g/mol. The Hall–Kier alpha value is -2.20. The molecule has 252 valence electrons. The van der Waals surface area contributed by atoms with E-state index >= 15 is 0 Å². The van der Waals surface area contributed by atoms with Gasteiger partial charge in [0.1, 0.15) is 31.7 Å². The fourth-order valence-corrected chi connectivity index (χ4v) is 13.1. The molecule has 0 bridgehead atoms. The molecule has 0 N–H and O–H groups in total. The van der Waals surface area contributed by atoms with Crippen molar-refractivity contribution in [1.29, 1.82) is 0 Å². The van der Waals surface area contributed by atoms with Gasteiger partial charge in [0.15, 0.2) is 0 Å². The summed E-state index contributed by atoms with van der Waals surface area (Å²) in [5.41, 5.74) is -1.46. The Morgan fingerprint density at radius 3 is 0.981 bits per heavy atom. The van der Waals surface area contributed by atoms with E-state index in [0.29, 0.717) is 10.6 Å². The van der Waals surface area contributed by atoms with E-state index in [4.69, 9.17) is 4.74 Å². The van der Waals surface area contributed by atoms with Crippen LogP contribution in [-0.2, 0) is 25.7 Å². The molecule has 0 fully saturated rings. The number of benzene rings is 6. The van der Waals surface area contributed by atoms with E-state index in [2.05, 4.69) is 0 Å². The van der Waals surface area contributed by atoms with Crippen molar-refractivity contribution in [3.8, 4) is 11.5 Å². The number of hydrogen-bond acceptors (Lipinski definition) is 7. The third-order valence-corrected chi connectivity index (χ3v) is 15.4. The Labute approximate surface area is 351 Å². The number of hydrogen-bond donors (Lipinski definition) is 0. The van der Waals surface area contributed by atoms with E-state index in [1.54, 1.807) is 26.0 Å². The standard InChI is InChI=1S/C39H32O7P2S2.2Na/c1-39(2)35-33(49(40,41)42)25-23-31(47(27-15-7-3-8-16-27)28-17-9-4-10-18-28)37(35)46-38-32(24-26-34(36(38)39)50(43,44)45)48(29-19-11-5-12-20-29)30-21-13-6-14-22-30;;/h3-26H,1-2H3,(H,40,41,42)(H,43,44,45);;/q;2*+1/p-2. The van der Waals surface area contributed by atoms with E-state index in [1.807, 2.05) is 121 Å². The molecule has 0 saturated carbocycles. The van der Waals surface area contributed by atoms with Gasteiger partial charge in [-0.3, -0.25) is 0 Å². The van der Waals surface area contributed by atoms with E-state index in [9.17, 15) is 25.9 Å². The van der Waals surface area contributed by atoms with Crippen LogP contribution in [0, 0.1) is 0 Å². The summed E-state index contributed by atoms with van der Waals surface area (Å²) in [4.78, 5) is -1.06. The molecule has 52 heavy (non-hydrogen) atoms. The second kappa shape index (κ2) is 16.3. The first-order valence-electron chi connectivity index (χ1n) is 15.6. The average Bonchev–Trinajstić information content (AvgIpc) is 3.10. The van der Waals surface area contributed by atoms with Gasteiger partial charge in [0.25, 0.3) is 0 Å². The molecule has 6 aromatic carbocycles. The van der Waals surface area contributed by atoms with Crippen LogP contribution in [0.2, 0.25) is 0 Å². The zero-order valence-corrected chi connectivity index (χ0v) is 36.3. The minimum Gasteiger partial charge on any atom is -0.744 e. The minimum absolute atomic E-state index is 0. The van der Waals surface area contributed by atoms with Crippen molar-refractivity contribution in [2.75, 3.05) is 0 Å². The molecule has 0 amide bonds. The fraction of sp³-hybridized carbons (Fsp3) is 0.0769. The van der Waals surface area contributed by atoms with E-state index in [-0.39, 0.29) is 81.7 Å². The van der Waals surface area contributed by atoms with Gasteiger partial charge < -0.3 is 13.8 Å². The Morgan fingerprint density at radius 2 is 0.731 bits per heavy atom. The summed E-state index contributed by atoms with van der Waals surface area (Å²) in [6, 6.07) is 44.8. The molecule has 0 aliphatic carbocycles. The zero-order valence-electron chi connectivity index (χ0n) is 28.9. The van der Waals surface area contributed by atoms with E-state index in [0.717, 1.165) is 21.2 Å². The van der Waals surface area contributed by atoms with Crippen LogP contribution in [0.3, 0.4) is 0 Å². The van der Waals surface area contributed by atoms with Gasteiger partial charge in [0.05, 0.1) is 9.79 Å². The molecule has 1 aliphatic rings. The predicted molar refractivity (Wildman–Crippen MR) is 198 cm³/mol. The van der Waals surface area contributed by atoms with Gasteiger partial charge in [-0.2, -0.15) is 0 Å². The van der Waals surface area contributed by atoms with Crippen molar-refractivity contribution >= 4 is 67.9 Å². The summed E-state index contributed by atoms with van der Waals surface area (Å²) in [5.74, 6) is 0.326. The largest absolute Gasteiger partial charge is 1.00 e. The summed E-state index contributed by atoms with van der Waals surface area (Å²) < 4.78 is 84.7. The van der Waals surface area contributed by atoms with Crippen molar-refractivity contribution in [2.24, 2.45) is 0 Å².